The number of benzene rings is 1. The van der Waals surface area contributed by atoms with E-state index in [1.807, 2.05) is 0 Å². The second-order valence-electron chi connectivity index (χ2n) is 5.85. The maximum Gasteiger partial charge on any atom is 0.0360 e. The molecule has 1 saturated carbocycles. The molecule has 0 heterocycles. The fraction of sp³-hybridized carbons (Fsp3) is 0.647. The van der Waals surface area contributed by atoms with Crippen LogP contribution in [0.2, 0.25) is 0 Å². The van der Waals surface area contributed by atoms with Crippen LogP contribution in [-0.4, -0.2) is 6.54 Å². The molecule has 1 N–H and O–H groups in total. The van der Waals surface area contributed by atoms with E-state index in [-0.39, 0.29) is 0 Å². The number of halogens is 2. The minimum Gasteiger partial charge on any atom is -0.310 e. The molecule has 1 atom stereocenters. The van der Waals surface area contributed by atoms with Crippen LogP contribution >= 0.6 is 38.5 Å². The number of nitrogens with one attached hydrogen (secondary N) is 1. The summed E-state index contributed by atoms with van der Waals surface area (Å²) in [5, 5.41) is 3.82. The summed E-state index contributed by atoms with van der Waals surface area (Å²) in [5.41, 5.74) is 1.46. The van der Waals surface area contributed by atoms with Crippen LogP contribution in [0.1, 0.15) is 63.5 Å². The number of hydrogen-bond donors (Lipinski definition) is 1. The van der Waals surface area contributed by atoms with E-state index in [9.17, 15) is 0 Å². The molecule has 1 aromatic rings. The zero-order valence-electron chi connectivity index (χ0n) is 12.3. The van der Waals surface area contributed by atoms with Crippen molar-refractivity contribution in [2.75, 3.05) is 6.54 Å². The zero-order chi connectivity index (χ0) is 14.4. The minimum atomic E-state index is 0.511. The van der Waals surface area contributed by atoms with Gasteiger partial charge in [-0.1, -0.05) is 48.5 Å². The molecule has 0 radical (unpaired) electrons. The fourth-order valence-corrected chi connectivity index (χ4v) is 4.24. The van der Waals surface area contributed by atoms with Crippen LogP contribution in [0.25, 0.3) is 0 Å². The molecular weight excluding hydrogens is 425 g/mol. The summed E-state index contributed by atoms with van der Waals surface area (Å²) < 4.78 is 2.59. The smallest absolute Gasteiger partial charge is 0.0360 e. The second kappa shape index (κ2) is 8.74. The molecule has 1 nitrogen and oxygen atoms in total. The molecule has 1 aliphatic rings. The maximum absolute atomic E-state index is 3.82. The van der Waals surface area contributed by atoms with E-state index >= 15 is 0 Å². The normalized spacial score (nSPS) is 18.8. The average molecular weight is 450 g/mol. The van der Waals surface area contributed by atoms with Crippen molar-refractivity contribution in [3.63, 3.8) is 0 Å². The Bertz CT molecular complexity index is 413. The maximum atomic E-state index is 3.82. The van der Waals surface area contributed by atoms with E-state index < -0.39 is 0 Å². The molecule has 1 aliphatic carbocycles. The van der Waals surface area contributed by atoms with Gasteiger partial charge in [-0.05, 0) is 78.1 Å². The molecule has 2 rings (SSSR count). The Labute approximate surface area is 145 Å². The van der Waals surface area contributed by atoms with Gasteiger partial charge in [0.1, 0.15) is 0 Å². The first-order valence-electron chi connectivity index (χ1n) is 7.90. The van der Waals surface area contributed by atoms with Crippen molar-refractivity contribution in [2.24, 2.45) is 5.92 Å². The first kappa shape index (κ1) is 16.8. The van der Waals surface area contributed by atoms with Gasteiger partial charge >= 0.3 is 0 Å². The van der Waals surface area contributed by atoms with E-state index in [2.05, 4.69) is 69.0 Å². The third kappa shape index (κ3) is 4.70. The molecule has 0 bridgehead atoms. The lowest BCUT2D eigenvalue weighted by molar-refractivity contribution is 0.325. The van der Waals surface area contributed by atoms with Crippen molar-refractivity contribution in [2.45, 2.75) is 57.9 Å². The Kier molecular flexibility index (Phi) is 7.32. The van der Waals surface area contributed by atoms with Crippen LogP contribution in [0, 0.1) is 9.49 Å². The van der Waals surface area contributed by atoms with Crippen molar-refractivity contribution in [1.82, 2.24) is 5.32 Å². The van der Waals surface area contributed by atoms with Gasteiger partial charge in [0.15, 0.2) is 0 Å². The van der Waals surface area contributed by atoms with Gasteiger partial charge in [0.05, 0.1) is 0 Å². The van der Waals surface area contributed by atoms with Crippen LogP contribution in [-0.2, 0) is 0 Å². The van der Waals surface area contributed by atoms with Crippen molar-refractivity contribution in [1.29, 1.82) is 0 Å². The van der Waals surface area contributed by atoms with Crippen molar-refractivity contribution in [3.8, 4) is 0 Å². The quantitative estimate of drug-likeness (QED) is 0.425. The van der Waals surface area contributed by atoms with Gasteiger partial charge in [-0.15, -0.1) is 0 Å². The van der Waals surface area contributed by atoms with E-state index in [0.717, 1.165) is 12.5 Å². The van der Waals surface area contributed by atoms with Crippen LogP contribution in [0.15, 0.2) is 22.7 Å². The van der Waals surface area contributed by atoms with E-state index in [1.165, 1.54) is 58.6 Å². The molecule has 1 fully saturated rings. The third-order valence-corrected chi connectivity index (χ3v) is 5.67. The lowest BCUT2D eigenvalue weighted by Gasteiger charge is -2.29. The minimum absolute atomic E-state index is 0.511. The highest BCUT2D eigenvalue weighted by Gasteiger charge is 2.25. The molecule has 0 aromatic heterocycles. The number of rotatable bonds is 5. The van der Waals surface area contributed by atoms with Crippen LogP contribution < -0.4 is 5.32 Å². The summed E-state index contributed by atoms with van der Waals surface area (Å²) in [7, 11) is 0. The molecule has 0 spiro atoms. The topological polar surface area (TPSA) is 12.0 Å². The number of hydrogen-bond acceptors (Lipinski definition) is 1. The molecule has 112 valence electrons. The van der Waals surface area contributed by atoms with Crippen molar-refractivity contribution < 1.29 is 0 Å². The molecule has 0 aliphatic heterocycles. The second-order valence-corrected chi connectivity index (χ2v) is 7.95. The molecule has 1 unspecified atom stereocenters. The summed E-state index contributed by atoms with van der Waals surface area (Å²) in [5.74, 6) is 0.790. The van der Waals surface area contributed by atoms with E-state index in [4.69, 9.17) is 0 Å². The zero-order valence-corrected chi connectivity index (χ0v) is 16.0. The Balaban J connectivity index is 2.22. The molecule has 1 aromatic carbocycles. The Morgan fingerprint density at radius 3 is 2.60 bits per heavy atom. The van der Waals surface area contributed by atoms with Crippen molar-refractivity contribution >= 4 is 38.5 Å². The standard InChI is InChI=1S/C17H25BrIN/c1-2-11-20-17(13-7-5-3-4-6-8-13)15-12-14(19)9-10-16(15)18/h9-10,12-13,17,20H,2-8,11H2,1H3. The summed E-state index contributed by atoms with van der Waals surface area (Å²) >= 11 is 6.19. The molecule has 20 heavy (non-hydrogen) atoms. The Morgan fingerprint density at radius 1 is 1.25 bits per heavy atom. The van der Waals surface area contributed by atoms with Crippen LogP contribution in [0.3, 0.4) is 0 Å². The van der Waals surface area contributed by atoms with Crippen molar-refractivity contribution in [3.05, 3.63) is 31.8 Å². The molecule has 3 heteroatoms. The highest BCUT2D eigenvalue weighted by atomic mass is 127. The summed E-state index contributed by atoms with van der Waals surface area (Å²) in [6, 6.07) is 7.24. The Morgan fingerprint density at radius 2 is 1.95 bits per heavy atom. The van der Waals surface area contributed by atoms with E-state index in [1.54, 1.807) is 0 Å². The molecular formula is C17H25BrIN. The predicted octanol–water partition coefficient (Wildman–Crippen LogP) is 6.06. The van der Waals surface area contributed by atoms with Gasteiger partial charge in [-0.25, -0.2) is 0 Å². The van der Waals surface area contributed by atoms with E-state index in [0.29, 0.717) is 6.04 Å². The van der Waals surface area contributed by atoms with Gasteiger partial charge in [-0.3, -0.25) is 0 Å². The average Bonchev–Trinajstić information content (AvgIpc) is 2.72. The van der Waals surface area contributed by atoms with Gasteiger partial charge in [-0.2, -0.15) is 0 Å². The molecule has 0 amide bonds. The van der Waals surface area contributed by atoms with Crippen LogP contribution in [0.5, 0.6) is 0 Å². The SMILES string of the molecule is CCCNC(c1cc(I)ccc1Br)C1CCCCCC1. The van der Waals surface area contributed by atoms with Gasteiger partial charge < -0.3 is 5.32 Å². The van der Waals surface area contributed by atoms with Crippen LogP contribution in [0.4, 0.5) is 0 Å². The lowest BCUT2D eigenvalue weighted by atomic mass is 9.87. The lowest BCUT2D eigenvalue weighted by Crippen LogP contribution is -2.29. The Hall–Kier alpha value is 0.390. The highest BCUT2D eigenvalue weighted by Crippen LogP contribution is 2.37. The first-order chi connectivity index (χ1) is 9.72. The monoisotopic (exact) mass is 449 g/mol. The highest BCUT2D eigenvalue weighted by molar-refractivity contribution is 14.1. The fourth-order valence-electron chi connectivity index (χ4n) is 3.23. The first-order valence-corrected chi connectivity index (χ1v) is 9.78. The van der Waals surface area contributed by atoms with Gasteiger partial charge in [0.2, 0.25) is 0 Å². The summed E-state index contributed by atoms with van der Waals surface area (Å²) in [6.45, 7) is 3.36. The summed E-state index contributed by atoms with van der Waals surface area (Å²) in [4.78, 5) is 0. The largest absolute Gasteiger partial charge is 0.310 e. The predicted molar refractivity (Wildman–Crippen MR) is 99.1 cm³/mol. The van der Waals surface area contributed by atoms with Gasteiger partial charge in [0, 0.05) is 14.1 Å². The third-order valence-electron chi connectivity index (χ3n) is 4.28. The molecule has 0 saturated heterocycles. The summed E-state index contributed by atoms with van der Waals surface area (Å²) in [6.07, 6.45) is 9.59. The van der Waals surface area contributed by atoms with Gasteiger partial charge in [0.25, 0.3) is 0 Å².